The number of hydrogen-bond acceptors (Lipinski definition) is 6. The number of nitro benzene ring substituents is 1. The molecule has 29 heavy (non-hydrogen) atoms. The molecule has 1 aromatic carbocycles. The number of nitrogens with two attached hydrogens (primary N) is 2. The second-order valence-electron chi connectivity index (χ2n) is 7.08. The van der Waals surface area contributed by atoms with E-state index in [2.05, 4.69) is 0 Å². The molecule has 3 rings (SSSR count). The van der Waals surface area contributed by atoms with E-state index in [4.69, 9.17) is 35.8 Å². The fraction of sp³-hybridized carbons (Fsp3) is 0.667. The zero-order valence-electron chi connectivity index (χ0n) is 16.6. The summed E-state index contributed by atoms with van der Waals surface area (Å²) in [4.78, 5) is 31.1. The molecule has 2 fully saturated rings. The smallest absolute Gasteiger partial charge is 0.466 e. The van der Waals surface area contributed by atoms with Gasteiger partial charge in [-0.25, -0.2) is 4.57 Å². The van der Waals surface area contributed by atoms with Crippen molar-refractivity contribution >= 4 is 13.5 Å². The van der Waals surface area contributed by atoms with Crippen LogP contribution in [0.1, 0.15) is 64.2 Å². The van der Waals surface area contributed by atoms with Crippen molar-refractivity contribution in [1.82, 2.24) is 0 Å². The van der Waals surface area contributed by atoms with Gasteiger partial charge in [-0.15, -0.1) is 0 Å². The molecule has 0 unspecified atom stereocenters. The van der Waals surface area contributed by atoms with Crippen molar-refractivity contribution in [2.45, 2.75) is 76.3 Å². The van der Waals surface area contributed by atoms with Crippen molar-refractivity contribution < 1.29 is 29.3 Å². The molecule has 168 valence electrons. The van der Waals surface area contributed by atoms with Gasteiger partial charge in [0.05, 0.1) is 4.92 Å². The maximum atomic E-state index is 10.0. The van der Waals surface area contributed by atoms with Gasteiger partial charge < -0.3 is 31.3 Å². The van der Waals surface area contributed by atoms with Crippen molar-refractivity contribution in [1.29, 1.82) is 0 Å². The van der Waals surface area contributed by atoms with Crippen LogP contribution in [0.5, 0.6) is 5.75 Å². The molecule has 0 atom stereocenters. The third kappa shape index (κ3) is 19.5. The summed E-state index contributed by atoms with van der Waals surface area (Å²) in [5, 5.41) is 18.8. The molecule has 0 heterocycles. The highest BCUT2D eigenvalue weighted by Gasteiger charge is 2.07. The largest absolute Gasteiger partial charge is 0.508 e. The molecule has 2 aliphatic carbocycles. The lowest BCUT2D eigenvalue weighted by Gasteiger charge is -2.15. The molecule has 0 saturated heterocycles. The first kappa shape index (κ1) is 27.5. The zero-order chi connectivity index (χ0) is 22.3. The second kappa shape index (κ2) is 15.3. The van der Waals surface area contributed by atoms with Crippen LogP contribution in [0.15, 0.2) is 24.3 Å². The monoisotopic (exact) mass is 435 g/mol. The van der Waals surface area contributed by atoms with Crippen LogP contribution in [0, 0.1) is 10.1 Å². The van der Waals surface area contributed by atoms with E-state index >= 15 is 0 Å². The normalized spacial score (nSPS) is 17.4. The van der Waals surface area contributed by atoms with Gasteiger partial charge in [0.1, 0.15) is 5.75 Å². The van der Waals surface area contributed by atoms with Crippen molar-refractivity contribution in [2.24, 2.45) is 11.5 Å². The molecular weight excluding hydrogens is 401 g/mol. The van der Waals surface area contributed by atoms with E-state index in [1.807, 2.05) is 0 Å². The van der Waals surface area contributed by atoms with Gasteiger partial charge in [0.2, 0.25) is 0 Å². The highest BCUT2D eigenvalue weighted by Crippen LogP contribution is 2.25. The van der Waals surface area contributed by atoms with E-state index in [1.54, 1.807) is 0 Å². The highest BCUT2D eigenvalue weighted by atomic mass is 31.2. The molecular formula is C18H34N3O7P. The SMILES string of the molecule is NC1CCCCC1.NC1CCCCC1.O=P(O)(O)O.O=[N+]([O-])c1ccc(O)cc1. The van der Waals surface area contributed by atoms with Gasteiger partial charge in [-0.05, 0) is 37.8 Å². The third-order valence-corrected chi connectivity index (χ3v) is 4.36. The van der Waals surface area contributed by atoms with E-state index in [1.165, 1.54) is 88.5 Å². The Labute approximate surface area is 171 Å². The molecule has 0 spiro atoms. The first-order valence-electron chi connectivity index (χ1n) is 9.72. The molecule has 1 aromatic rings. The third-order valence-electron chi connectivity index (χ3n) is 4.36. The molecule has 10 nitrogen and oxygen atoms in total. The van der Waals surface area contributed by atoms with Crippen LogP contribution in [-0.4, -0.2) is 36.8 Å². The Hall–Kier alpha value is -1.55. The minimum absolute atomic E-state index is 0.0159. The number of nitrogens with zero attached hydrogens (tertiary/aromatic N) is 1. The lowest BCUT2D eigenvalue weighted by atomic mass is 9.97. The lowest BCUT2D eigenvalue weighted by molar-refractivity contribution is -0.384. The molecule has 8 N–H and O–H groups in total. The standard InChI is InChI=1S/C6H5NO3.2C6H13N.H3O4P/c8-6-3-1-5(2-4-6)7(9)10;2*7-6-4-2-1-3-5-6;1-5(2,3)4/h1-4,8H;2*6H,1-5,7H2;(H3,1,2,3,4). The van der Waals surface area contributed by atoms with Crippen LogP contribution in [0.3, 0.4) is 0 Å². The maximum Gasteiger partial charge on any atom is 0.466 e. The predicted octanol–water partition coefficient (Wildman–Crippen LogP) is 2.93. The number of aromatic hydroxyl groups is 1. The van der Waals surface area contributed by atoms with Crippen LogP contribution < -0.4 is 11.5 Å². The summed E-state index contributed by atoms with van der Waals surface area (Å²) in [7, 11) is -4.64. The van der Waals surface area contributed by atoms with Gasteiger partial charge in [0.15, 0.2) is 0 Å². The van der Waals surface area contributed by atoms with Crippen molar-refractivity contribution in [3.8, 4) is 5.75 Å². The Morgan fingerprint density at radius 1 is 0.828 bits per heavy atom. The summed E-state index contributed by atoms with van der Waals surface area (Å²) in [5.41, 5.74) is 11.3. The number of rotatable bonds is 1. The van der Waals surface area contributed by atoms with Crippen LogP contribution in [0.2, 0.25) is 0 Å². The molecule has 0 bridgehead atoms. The fourth-order valence-electron chi connectivity index (χ4n) is 2.84. The number of benzene rings is 1. The molecule has 11 heteroatoms. The maximum absolute atomic E-state index is 10.0. The Balaban J connectivity index is 0.000000372. The molecule has 0 aromatic heterocycles. The number of nitro groups is 1. The Morgan fingerprint density at radius 2 is 1.14 bits per heavy atom. The summed E-state index contributed by atoms with van der Waals surface area (Å²) in [5.74, 6) is 0.0330. The first-order valence-corrected chi connectivity index (χ1v) is 11.3. The van der Waals surface area contributed by atoms with Crippen molar-refractivity contribution in [3.05, 3.63) is 34.4 Å². The molecule has 0 aliphatic heterocycles. The quantitative estimate of drug-likeness (QED) is 0.218. The van der Waals surface area contributed by atoms with E-state index in [0.717, 1.165) is 0 Å². The van der Waals surface area contributed by atoms with Gasteiger partial charge >= 0.3 is 7.82 Å². The number of phosphoric acid groups is 1. The summed E-state index contributed by atoms with van der Waals surface area (Å²) in [6.07, 6.45) is 13.3. The van der Waals surface area contributed by atoms with Crippen LogP contribution in [0.4, 0.5) is 5.69 Å². The molecule has 0 radical (unpaired) electrons. The second-order valence-corrected chi connectivity index (χ2v) is 8.11. The van der Waals surface area contributed by atoms with Gasteiger partial charge in [-0.3, -0.25) is 10.1 Å². The van der Waals surface area contributed by atoms with E-state index in [0.29, 0.717) is 12.1 Å². The predicted molar refractivity (Wildman–Crippen MR) is 111 cm³/mol. The van der Waals surface area contributed by atoms with E-state index < -0.39 is 12.7 Å². The summed E-state index contributed by atoms with van der Waals surface area (Å²) >= 11 is 0. The average Bonchev–Trinajstić information content (AvgIpc) is 2.63. The number of hydrogen-bond donors (Lipinski definition) is 6. The Bertz CT molecular complexity index is 574. The topological polar surface area (TPSA) is 193 Å². The summed E-state index contributed by atoms with van der Waals surface area (Å²) < 4.78 is 8.88. The molecule has 0 amide bonds. The van der Waals surface area contributed by atoms with Crippen molar-refractivity contribution in [2.75, 3.05) is 0 Å². The number of phenols is 1. The number of phenolic OH excluding ortho intramolecular Hbond substituents is 1. The average molecular weight is 435 g/mol. The minimum Gasteiger partial charge on any atom is -0.508 e. The van der Waals surface area contributed by atoms with E-state index in [-0.39, 0.29) is 11.4 Å². The molecule has 2 aliphatic rings. The van der Waals surface area contributed by atoms with Crippen LogP contribution in [-0.2, 0) is 4.57 Å². The summed E-state index contributed by atoms with van der Waals surface area (Å²) in [6, 6.07) is 6.11. The van der Waals surface area contributed by atoms with Crippen LogP contribution >= 0.6 is 7.82 Å². The first-order chi connectivity index (χ1) is 13.5. The van der Waals surface area contributed by atoms with Gasteiger partial charge in [0.25, 0.3) is 5.69 Å². The fourth-order valence-corrected chi connectivity index (χ4v) is 2.84. The minimum atomic E-state index is -4.64. The van der Waals surface area contributed by atoms with E-state index in [9.17, 15) is 10.1 Å². The lowest BCUT2D eigenvalue weighted by Crippen LogP contribution is -2.22. The highest BCUT2D eigenvalue weighted by molar-refractivity contribution is 7.45. The number of non-ortho nitro benzene ring substituents is 1. The van der Waals surface area contributed by atoms with Gasteiger partial charge in [-0.1, -0.05) is 38.5 Å². The van der Waals surface area contributed by atoms with Gasteiger partial charge in [0, 0.05) is 24.2 Å². The Kier molecular flexibility index (Phi) is 14.5. The van der Waals surface area contributed by atoms with Crippen LogP contribution in [0.25, 0.3) is 0 Å². The summed E-state index contributed by atoms with van der Waals surface area (Å²) in [6.45, 7) is 0. The zero-order valence-corrected chi connectivity index (χ0v) is 17.5. The molecule has 2 saturated carbocycles. The van der Waals surface area contributed by atoms with Gasteiger partial charge in [-0.2, -0.15) is 0 Å². The van der Waals surface area contributed by atoms with Crippen molar-refractivity contribution in [3.63, 3.8) is 0 Å². The Morgan fingerprint density at radius 3 is 1.34 bits per heavy atom.